The van der Waals surface area contributed by atoms with Crippen LogP contribution < -0.4 is 10.6 Å². The van der Waals surface area contributed by atoms with Crippen molar-refractivity contribution in [3.8, 4) is 0 Å². The van der Waals surface area contributed by atoms with Crippen LogP contribution in [0.2, 0.25) is 0 Å². The van der Waals surface area contributed by atoms with E-state index in [1.54, 1.807) is 7.05 Å². The van der Waals surface area contributed by atoms with Crippen LogP contribution >= 0.6 is 0 Å². The van der Waals surface area contributed by atoms with Gasteiger partial charge < -0.3 is 10.6 Å². The van der Waals surface area contributed by atoms with Crippen LogP contribution in [0.1, 0.15) is 0 Å². The van der Waals surface area contributed by atoms with E-state index in [-0.39, 0.29) is 17.1 Å². The molecule has 6 heteroatoms. The van der Waals surface area contributed by atoms with Crippen LogP contribution in [-0.4, -0.2) is 19.0 Å². The van der Waals surface area contributed by atoms with Crippen molar-refractivity contribution in [2.45, 2.75) is 0 Å². The van der Waals surface area contributed by atoms with Crippen LogP contribution in [0.3, 0.4) is 0 Å². The molecule has 0 bridgehead atoms. The Hall–Kier alpha value is -1.85. The molecule has 5 nitrogen and oxygen atoms in total. The zero-order chi connectivity index (χ0) is 10.7. The van der Waals surface area contributed by atoms with Crippen LogP contribution in [0.4, 0.5) is 21.5 Å². The maximum Gasteiger partial charge on any atom is 0.295 e. The second kappa shape index (κ2) is 3.91. The van der Waals surface area contributed by atoms with E-state index < -0.39 is 10.7 Å². The van der Waals surface area contributed by atoms with E-state index in [9.17, 15) is 14.5 Å². The summed E-state index contributed by atoms with van der Waals surface area (Å²) >= 11 is 0. The Kier molecular flexibility index (Phi) is 2.85. The van der Waals surface area contributed by atoms with Crippen molar-refractivity contribution in [3.05, 3.63) is 28.1 Å². The number of benzene rings is 1. The second-order valence-electron chi connectivity index (χ2n) is 2.58. The van der Waals surface area contributed by atoms with Gasteiger partial charge in [-0.05, 0) is 6.07 Å². The maximum absolute atomic E-state index is 13.5. The molecule has 2 N–H and O–H groups in total. The number of nitro benzene ring substituents is 1. The second-order valence-corrected chi connectivity index (χ2v) is 2.58. The quantitative estimate of drug-likeness (QED) is 0.575. The number of nitrogens with one attached hydrogen (secondary N) is 2. The monoisotopic (exact) mass is 199 g/mol. The SMILES string of the molecule is CNc1ccc([N+](=O)[O-])c(NC)c1F. The Labute approximate surface area is 80.1 Å². The predicted molar refractivity (Wildman–Crippen MR) is 52.1 cm³/mol. The molecule has 0 saturated carbocycles. The fourth-order valence-electron chi connectivity index (χ4n) is 1.15. The van der Waals surface area contributed by atoms with Gasteiger partial charge in [0.1, 0.15) is 0 Å². The molecule has 1 aromatic rings. The summed E-state index contributed by atoms with van der Waals surface area (Å²) in [6.45, 7) is 0. The minimum absolute atomic E-state index is 0.109. The van der Waals surface area contributed by atoms with Gasteiger partial charge in [0, 0.05) is 20.2 Å². The normalized spacial score (nSPS) is 9.64. The molecule has 0 unspecified atom stereocenters. The Bertz CT molecular complexity index is 368. The average Bonchev–Trinajstić information content (AvgIpc) is 2.17. The molecular formula is C8H10FN3O2. The molecule has 0 heterocycles. The molecule has 0 atom stereocenters. The molecule has 0 aliphatic carbocycles. The number of anilines is 2. The summed E-state index contributed by atoms with van der Waals surface area (Å²) < 4.78 is 13.5. The topological polar surface area (TPSA) is 67.2 Å². The minimum atomic E-state index is -0.649. The molecule has 0 aromatic heterocycles. The van der Waals surface area contributed by atoms with Gasteiger partial charge in [0.05, 0.1) is 10.6 Å². The molecule has 0 spiro atoms. The van der Waals surface area contributed by atoms with Gasteiger partial charge in [-0.15, -0.1) is 0 Å². The molecule has 1 rings (SSSR count). The highest BCUT2D eigenvalue weighted by Crippen LogP contribution is 2.31. The number of nitro groups is 1. The minimum Gasteiger partial charge on any atom is -0.386 e. The van der Waals surface area contributed by atoms with E-state index in [1.807, 2.05) is 0 Å². The average molecular weight is 199 g/mol. The first kappa shape index (κ1) is 10.2. The van der Waals surface area contributed by atoms with E-state index in [0.29, 0.717) is 0 Å². The van der Waals surface area contributed by atoms with Crippen molar-refractivity contribution in [1.82, 2.24) is 0 Å². The molecule has 0 amide bonds. The molecule has 0 saturated heterocycles. The zero-order valence-corrected chi connectivity index (χ0v) is 7.80. The lowest BCUT2D eigenvalue weighted by molar-refractivity contribution is -0.384. The molecule has 76 valence electrons. The first-order valence-electron chi connectivity index (χ1n) is 3.94. The molecule has 1 aromatic carbocycles. The fourth-order valence-corrected chi connectivity index (χ4v) is 1.15. The summed E-state index contributed by atoms with van der Waals surface area (Å²) in [4.78, 5) is 9.88. The van der Waals surface area contributed by atoms with Gasteiger partial charge in [-0.2, -0.15) is 0 Å². The lowest BCUT2D eigenvalue weighted by atomic mass is 10.2. The van der Waals surface area contributed by atoms with Gasteiger partial charge in [0.15, 0.2) is 11.5 Å². The smallest absolute Gasteiger partial charge is 0.295 e. The molecule has 0 aliphatic rings. The Morgan fingerprint density at radius 2 is 2.00 bits per heavy atom. The number of halogens is 1. The highest BCUT2D eigenvalue weighted by molar-refractivity contribution is 5.69. The lowest BCUT2D eigenvalue weighted by Gasteiger charge is -2.07. The third-order valence-electron chi connectivity index (χ3n) is 1.84. The Balaban J connectivity index is 3.35. The predicted octanol–water partition coefficient (Wildman–Crippen LogP) is 1.82. The van der Waals surface area contributed by atoms with Crippen molar-refractivity contribution in [1.29, 1.82) is 0 Å². The van der Waals surface area contributed by atoms with Crippen molar-refractivity contribution in [3.63, 3.8) is 0 Å². The van der Waals surface area contributed by atoms with Crippen LogP contribution in [0, 0.1) is 15.9 Å². The largest absolute Gasteiger partial charge is 0.386 e. The molecule has 14 heavy (non-hydrogen) atoms. The number of rotatable bonds is 3. The van der Waals surface area contributed by atoms with Gasteiger partial charge in [-0.1, -0.05) is 0 Å². The fraction of sp³-hybridized carbons (Fsp3) is 0.250. The zero-order valence-electron chi connectivity index (χ0n) is 7.80. The highest BCUT2D eigenvalue weighted by atomic mass is 19.1. The molecule has 0 radical (unpaired) electrons. The molecule has 0 aliphatic heterocycles. The highest BCUT2D eigenvalue weighted by Gasteiger charge is 2.19. The van der Waals surface area contributed by atoms with Gasteiger partial charge >= 0.3 is 0 Å². The van der Waals surface area contributed by atoms with Gasteiger partial charge in [-0.3, -0.25) is 10.1 Å². The van der Waals surface area contributed by atoms with E-state index in [4.69, 9.17) is 0 Å². The van der Waals surface area contributed by atoms with Gasteiger partial charge in [0.25, 0.3) is 5.69 Å². The van der Waals surface area contributed by atoms with Crippen molar-refractivity contribution >= 4 is 17.1 Å². The summed E-state index contributed by atoms with van der Waals surface area (Å²) in [7, 11) is 2.98. The Morgan fingerprint density at radius 3 is 2.43 bits per heavy atom. The van der Waals surface area contributed by atoms with E-state index >= 15 is 0 Å². The molecular weight excluding hydrogens is 189 g/mol. The number of nitrogens with zero attached hydrogens (tertiary/aromatic N) is 1. The standard InChI is InChI=1S/C8H10FN3O2/c1-10-5-3-4-6(12(13)14)8(11-2)7(5)9/h3-4,10-11H,1-2H3. The van der Waals surface area contributed by atoms with E-state index in [1.165, 1.54) is 19.2 Å². The van der Waals surface area contributed by atoms with E-state index in [2.05, 4.69) is 10.6 Å². The van der Waals surface area contributed by atoms with Crippen molar-refractivity contribution < 1.29 is 9.31 Å². The number of hydrogen-bond acceptors (Lipinski definition) is 4. The first-order chi connectivity index (χ1) is 6.61. The summed E-state index contributed by atoms with van der Waals surface area (Å²) in [6, 6.07) is 2.58. The summed E-state index contributed by atoms with van der Waals surface area (Å²) in [5.74, 6) is -0.649. The van der Waals surface area contributed by atoms with Crippen LogP contribution in [0.5, 0.6) is 0 Å². The van der Waals surface area contributed by atoms with E-state index in [0.717, 1.165) is 0 Å². The maximum atomic E-state index is 13.5. The van der Waals surface area contributed by atoms with Gasteiger partial charge in [-0.25, -0.2) is 4.39 Å². The first-order valence-corrected chi connectivity index (χ1v) is 3.94. The Morgan fingerprint density at radius 1 is 1.36 bits per heavy atom. The summed E-state index contributed by atoms with van der Waals surface area (Å²) in [5.41, 5.74) is -0.161. The lowest BCUT2D eigenvalue weighted by Crippen LogP contribution is -2.02. The van der Waals surface area contributed by atoms with Crippen LogP contribution in [-0.2, 0) is 0 Å². The third-order valence-corrected chi connectivity index (χ3v) is 1.84. The summed E-state index contributed by atoms with van der Waals surface area (Å²) in [6.07, 6.45) is 0. The van der Waals surface area contributed by atoms with Crippen molar-refractivity contribution in [2.24, 2.45) is 0 Å². The third kappa shape index (κ3) is 1.59. The van der Waals surface area contributed by atoms with Crippen LogP contribution in [0.15, 0.2) is 12.1 Å². The molecule has 0 fully saturated rings. The summed E-state index contributed by atoms with van der Waals surface area (Å²) in [5, 5.41) is 15.6. The van der Waals surface area contributed by atoms with Gasteiger partial charge in [0.2, 0.25) is 0 Å². The number of hydrogen-bond donors (Lipinski definition) is 2. The van der Waals surface area contributed by atoms with Crippen LogP contribution in [0.25, 0.3) is 0 Å². The van der Waals surface area contributed by atoms with Crippen molar-refractivity contribution in [2.75, 3.05) is 24.7 Å².